The van der Waals surface area contributed by atoms with Crippen LogP contribution in [-0.2, 0) is 11.3 Å². The highest BCUT2D eigenvalue weighted by Crippen LogP contribution is 2.14. The summed E-state index contributed by atoms with van der Waals surface area (Å²) in [7, 11) is 1.81. The number of morpholine rings is 1. The van der Waals surface area contributed by atoms with Gasteiger partial charge in [0, 0.05) is 39.3 Å². The maximum Gasteiger partial charge on any atom is 0.191 e. The van der Waals surface area contributed by atoms with Crippen molar-refractivity contribution in [2.24, 2.45) is 4.99 Å². The zero-order chi connectivity index (χ0) is 18.0. The summed E-state index contributed by atoms with van der Waals surface area (Å²) in [5.41, 5.74) is 1.18. The SMILES string of the molecule is CN=C(NCc1cccc(OCCN2CCOCC2)c1)NC1CC=CC1. The molecule has 2 aliphatic rings. The summed E-state index contributed by atoms with van der Waals surface area (Å²) in [6, 6.07) is 8.71. The number of ether oxygens (including phenoxy) is 2. The van der Waals surface area contributed by atoms with Crippen LogP contribution in [0.5, 0.6) is 5.75 Å². The van der Waals surface area contributed by atoms with E-state index in [2.05, 4.69) is 44.8 Å². The standard InChI is InChI=1S/C20H30N4O2/c1-21-20(23-18-6-2-3-7-18)22-16-17-5-4-8-19(15-17)26-14-11-24-9-12-25-13-10-24/h2-5,8,15,18H,6-7,9-14,16H2,1H3,(H2,21,22,23). The largest absolute Gasteiger partial charge is 0.492 e. The second kappa shape index (κ2) is 10.2. The molecule has 1 fully saturated rings. The van der Waals surface area contributed by atoms with E-state index in [0.29, 0.717) is 12.6 Å². The molecular formula is C20H30N4O2. The molecular weight excluding hydrogens is 328 g/mol. The van der Waals surface area contributed by atoms with E-state index in [1.165, 1.54) is 5.56 Å². The lowest BCUT2D eigenvalue weighted by atomic mass is 10.2. The van der Waals surface area contributed by atoms with Crippen LogP contribution in [0, 0.1) is 0 Å². The molecule has 3 rings (SSSR count). The minimum atomic E-state index is 0.455. The number of guanidine groups is 1. The van der Waals surface area contributed by atoms with Gasteiger partial charge >= 0.3 is 0 Å². The molecule has 1 aromatic rings. The van der Waals surface area contributed by atoms with Gasteiger partial charge in [-0.15, -0.1) is 0 Å². The fraction of sp³-hybridized carbons (Fsp3) is 0.550. The first kappa shape index (κ1) is 18.7. The van der Waals surface area contributed by atoms with Crippen molar-refractivity contribution in [3.63, 3.8) is 0 Å². The lowest BCUT2D eigenvalue weighted by Crippen LogP contribution is -2.42. The molecule has 142 valence electrons. The van der Waals surface area contributed by atoms with Gasteiger partial charge in [0.2, 0.25) is 0 Å². The first-order valence-corrected chi connectivity index (χ1v) is 9.47. The number of benzene rings is 1. The van der Waals surface area contributed by atoms with Gasteiger partial charge in [0.1, 0.15) is 12.4 Å². The Morgan fingerprint density at radius 2 is 2.08 bits per heavy atom. The number of hydrogen-bond donors (Lipinski definition) is 2. The van der Waals surface area contributed by atoms with Crippen molar-refractivity contribution in [1.29, 1.82) is 0 Å². The van der Waals surface area contributed by atoms with Gasteiger partial charge in [-0.25, -0.2) is 0 Å². The fourth-order valence-corrected chi connectivity index (χ4v) is 3.17. The van der Waals surface area contributed by atoms with Crippen LogP contribution in [0.15, 0.2) is 41.4 Å². The summed E-state index contributed by atoms with van der Waals surface area (Å²) in [6.45, 7) is 6.01. The van der Waals surface area contributed by atoms with Crippen molar-refractivity contribution in [2.45, 2.75) is 25.4 Å². The van der Waals surface area contributed by atoms with Crippen LogP contribution < -0.4 is 15.4 Å². The number of nitrogens with zero attached hydrogens (tertiary/aromatic N) is 2. The third kappa shape index (κ3) is 6.04. The molecule has 1 heterocycles. The monoisotopic (exact) mass is 358 g/mol. The lowest BCUT2D eigenvalue weighted by molar-refractivity contribution is 0.0322. The van der Waals surface area contributed by atoms with E-state index >= 15 is 0 Å². The van der Waals surface area contributed by atoms with Gasteiger partial charge in [0.05, 0.1) is 13.2 Å². The van der Waals surface area contributed by atoms with E-state index in [-0.39, 0.29) is 0 Å². The van der Waals surface area contributed by atoms with E-state index in [0.717, 1.165) is 63.9 Å². The van der Waals surface area contributed by atoms with E-state index in [4.69, 9.17) is 9.47 Å². The third-order valence-corrected chi connectivity index (χ3v) is 4.71. The third-order valence-electron chi connectivity index (χ3n) is 4.71. The van der Waals surface area contributed by atoms with E-state index < -0.39 is 0 Å². The summed E-state index contributed by atoms with van der Waals surface area (Å²) >= 11 is 0. The van der Waals surface area contributed by atoms with Crippen LogP contribution in [0.1, 0.15) is 18.4 Å². The molecule has 0 spiro atoms. The molecule has 0 aromatic heterocycles. The van der Waals surface area contributed by atoms with Crippen molar-refractivity contribution in [3.05, 3.63) is 42.0 Å². The Bertz CT molecular complexity index is 604. The quantitative estimate of drug-likeness (QED) is 0.442. The Labute approximate surface area is 156 Å². The Balaban J connectivity index is 1.41. The molecule has 0 saturated carbocycles. The van der Waals surface area contributed by atoms with Crippen LogP contribution in [-0.4, -0.2) is 63.4 Å². The second-order valence-corrected chi connectivity index (χ2v) is 6.66. The highest BCUT2D eigenvalue weighted by atomic mass is 16.5. The van der Waals surface area contributed by atoms with Gasteiger partial charge < -0.3 is 20.1 Å². The van der Waals surface area contributed by atoms with Crippen molar-refractivity contribution in [2.75, 3.05) is 46.5 Å². The molecule has 6 heteroatoms. The summed E-state index contributed by atoms with van der Waals surface area (Å²) in [5, 5.41) is 6.83. The Hall–Kier alpha value is -2.05. The van der Waals surface area contributed by atoms with Crippen molar-refractivity contribution >= 4 is 5.96 Å². The maximum atomic E-state index is 5.93. The van der Waals surface area contributed by atoms with Gasteiger partial charge in [-0.3, -0.25) is 9.89 Å². The number of rotatable bonds is 7. The van der Waals surface area contributed by atoms with Crippen LogP contribution >= 0.6 is 0 Å². The minimum absolute atomic E-state index is 0.455. The molecule has 1 saturated heterocycles. The fourth-order valence-electron chi connectivity index (χ4n) is 3.17. The Kier molecular flexibility index (Phi) is 7.34. The summed E-state index contributed by atoms with van der Waals surface area (Å²) in [5.74, 6) is 1.76. The molecule has 0 unspecified atom stereocenters. The van der Waals surface area contributed by atoms with Crippen LogP contribution in [0.25, 0.3) is 0 Å². The molecule has 1 aliphatic heterocycles. The van der Waals surface area contributed by atoms with Crippen LogP contribution in [0.2, 0.25) is 0 Å². The molecule has 1 aromatic carbocycles. The minimum Gasteiger partial charge on any atom is -0.492 e. The lowest BCUT2D eigenvalue weighted by Gasteiger charge is -2.26. The Morgan fingerprint density at radius 1 is 1.27 bits per heavy atom. The van der Waals surface area contributed by atoms with E-state index in [1.54, 1.807) is 0 Å². The first-order chi connectivity index (χ1) is 12.8. The summed E-state index contributed by atoms with van der Waals surface area (Å²) < 4.78 is 11.3. The summed E-state index contributed by atoms with van der Waals surface area (Å²) in [6.07, 6.45) is 6.55. The average molecular weight is 358 g/mol. The molecule has 0 bridgehead atoms. The van der Waals surface area contributed by atoms with Crippen LogP contribution in [0.3, 0.4) is 0 Å². The van der Waals surface area contributed by atoms with E-state index in [1.807, 2.05) is 19.2 Å². The van der Waals surface area contributed by atoms with Crippen molar-refractivity contribution in [3.8, 4) is 5.75 Å². The molecule has 26 heavy (non-hydrogen) atoms. The van der Waals surface area contributed by atoms with Gasteiger partial charge in [0.25, 0.3) is 0 Å². The zero-order valence-electron chi connectivity index (χ0n) is 15.6. The van der Waals surface area contributed by atoms with Gasteiger partial charge in [-0.05, 0) is 30.5 Å². The molecule has 0 atom stereocenters. The predicted octanol–water partition coefficient (Wildman–Crippen LogP) is 1.78. The maximum absolute atomic E-state index is 5.93. The van der Waals surface area contributed by atoms with Crippen molar-refractivity contribution < 1.29 is 9.47 Å². The number of nitrogens with one attached hydrogen (secondary N) is 2. The smallest absolute Gasteiger partial charge is 0.191 e. The normalized spacial score (nSPS) is 18.9. The summed E-state index contributed by atoms with van der Waals surface area (Å²) in [4.78, 5) is 6.69. The topological polar surface area (TPSA) is 58.1 Å². The highest BCUT2D eigenvalue weighted by Gasteiger charge is 2.12. The van der Waals surface area contributed by atoms with Crippen LogP contribution in [0.4, 0.5) is 0 Å². The predicted molar refractivity (Wildman–Crippen MR) is 105 cm³/mol. The zero-order valence-corrected chi connectivity index (χ0v) is 15.6. The average Bonchev–Trinajstić information content (AvgIpc) is 3.19. The first-order valence-electron chi connectivity index (χ1n) is 9.47. The second-order valence-electron chi connectivity index (χ2n) is 6.66. The highest BCUT2D eigenvalue weighted by molar-refractivity contribution is 5.80. The molecule has 2 N–H and O–H groups in total. The molecule has 0 radical (unpaired) electrons. The Morgan fingerprint density at radius 3 is 2.85 bits per heavy atom. The molecule has 1 aliphatic carbocycles. The molecule has 6 nitrogen and oxygen atoms in total. The van der Waals surface area contributed by atoms with Crippen molar-refractivity contribution in [1.82, 2.24) is 15.5 Å². The van der Waals surface area contributed by atoms with E-state index in [9.17, 15) is 0 Å². The number of aliphatic imine (C=N–C) groups is 1. The number of hydrogen-bond acceptors (Lipinski definition) is 4. The molecule has 0 amide bonds. The van der Waals surface area contributed by atoms with Gasteiger partial charge in [0.15, 0.2) is 5.96 Å². The van der Waals surface area contributed by atoms with Gasteiger partial charge in [-0.2, -0.15) is 0 Å². The van der Waals surface area contributed by atoms with Gasteiger partial charge in [-0.1, -0.05) is 24.3 Å².